The summed E-state index contributed by atoms with van der Waals surface area (Å²) < 4.78 is 20.5. The summed E-state index contributed by atoms with van der Waals surface area (Å²) in [4.78, 5) is 23.1. The number of furan rings is 1. The van der Waals surface area contributed by atoms with E-state index in [1.54, 1.807) is 16.8 Å². The van der Waals surface area contributed by atoms with Crippen LogP contribution in [-0.4, -0.2) is 66.2 Å². The number of amides is 1. The zero-order valence-corrected chi connectivity index (χ0v) is 25.6. The molecule has 0 aliphatic carbocycles. The molecular formula is C30H40N6O4Si. The molecule has 0 saturated carbocycles. The molecule has 2 fully saturated rings. The molecule has 2 saturated heterocycles. The number of aromatic nitrogens is 4. The molecule has 11 heteroatoms. The van der Waals surface area contributed by atoms with E-state index in [1.165, 1.54) is 0 Å². The largest absolute Gasteiger partial charge is 0.474 e. The van der Waals surface area contributed by atoms with E-state index >= 15 is 0 Å². The first-order valence-electron chi connectivity index (χ1n) is 14.6. The number of hydrogen-bond acceptors (Lipinski definition) is 8. The first kappa shape index (κ1) is 27.7. The molecule has 4 aromatic rings. The number of ether oxygens (including phenoxy) is 1. The number of pyridine rings is 1. The summed E-state index contributed by atoms with van der Waals surface area (Å²) in [5.74, 6) is 2.73. The van der Waals surface area contributed by atoms with E-state index in [0.29, 0.717) is 36.2 Å². The molecule has 0 aromatic carbocycles. The van der Waals surface area contributed by atoms with Gasteiger partial charge < -0.3 is 23.8 Å². The van der Waals surface area contributed by atoms with Crippen molar-refractivity contribution in [2.24, 2.45) is 5.92 Å². The van der Waals surface area contributed by atoms with E-state index in [1.807, 2.05) is 24.4 Å². The minimum atomic E-state index is -1.74. The Morgan fingerprint density at radius 1 is 1.10 bits per heavy atom. The molecule has 41 heavy (non-hydrogen) atoms. The third-order valence-corrected chi connectivity index (χ3v) is 13.4. The number of nitrogens with zero attached hydrogens (tertiary/aromatic N) is 5. The van der Waals surface area contributed by atoms with Crippen molar-refractivity contribution in [3.63, 3.8) is 0 Å². The topological polar surface area (TPSA) is 107 Å². The Balaban J connectivity index is 1.17. The number of rotatable bonds is 8. The zero-order chi connectivity index (χ0) is 28.8. The van der Waals surface area contributed by atoms with Gasteiger partial charge in [0.1, 0.15) is 23.7 Å². The quantitative estimate of drug-likeness (QED) is 0.277. The van der Waals surface area contributed by atoms with Crippen LogP contribution in [0.2, 0.25) is 18.1 Å². The Morgan fingerprint density at radius 3 is 2.63 bits per heavy atom. The van der Waals surface area contributed by atoms with Crippen LogP contribution in [0.5, 0.6) is 5.88 Å². The van der Waals surface area contributed by atoms with Crippen LogP contribution in [0.15, 0.2) is 41.1 Å². The molecule has 6 heterocycles. The van der Waals surface area contributed by atoms with Crippen molar-refractivity contribution >= 4 is 36.7 Å². The Hall–Kier alpha value is -3.44. The Morgan fingerprint density at radius 2 is 1.90 bits per heavy atom. The highest BCUT2D eigenvalue weighted by Gasteiger charge is 2.38. The average Bonchev–Trinajstić information content (AvgIpc) is 3.67. The number of imidazole rings is 1. The van der Waals surface area contributed by atoms with Gasteiger partial charge in [0.25, 0.3) is 0 Å². The van der Waals surface area contributed by atoms with Gasteiger partial charge in [-0.15, -0.1) is 5.10 Å². The van der Waals surface area contributed by atoms with Crippen molar-refractivity contribution in [2.75, 3.05) is 31.2 Å². The summed E-state index contributed by atoms with van der Waals surface area (Å²) in [5, 5.41) is 8.79. The summed E-state index contributed by atoms with van der Waals surface area (Å²) in [6, 6.07) is 7.62. The standard InChI is InChI=1S/C30H40N6O4Si/c1-30(2,3)41(4,5)39-18-20-11-14-35(15-12-20)29-22-16-25(40-24(22)10-13-31-29)23-17-32-26-7-9-28(34-36(23)26)38-19-21-6-8-27(37)33-21/h7,9-10,13,16-17,20-21H,6,8,11-12,14-15,18-19H2,1-5H3,(H,33,37). The molecular weight excluding hydrogens is 536 g/mol. The number of carbonyl (C=O) groups is 1. The van der Waals surface area contributed by atoms with Crippen LogP contribution in [0.4, 0.5) is 5.82 Å². The highest BCUT2D eigenvalue weighted by molar-refractivity contribution is 6.74. The molecule has 10 nitrogen and oxygen atoms in total. The van der Waals surface area contributed by atoms with Gasteiger partial charge in [0.2, 0.25) is 11.8 Å². The molecule has 0 spiro atoms. The van der Waals surface area contributed by atoms with E-state index in [9.17, 15) is 4.79 Å². The van der Waals surface area contributed by atoms with Crippen LogP contribution in [0.25, 0.3) is 28.1 Å². The molecule has 4 aromatic heterocycles. The number of anilines is 1. The fraction of sp³-hybridized carbons (Fsp3) is 0.533. The second-order valence-corrected chi connectivity index (χ2v) is 17.7. The maximum Gasteiger partial charge on any atom is 0.231 e. The molecule has 2 aliphatic rings. The summed E-state index contributed by atoms with van der Waals surface area (Å²) in [7, 11) is -1.74. The lowest BCUT2D eigenvalue weighted by molar-refractivity contribution is -0.119. The minimum Gasteiger partial charge on any atom is -0.474 e. The molecule has 0 radical (unpaired) electrons. The maximum atomic E-state index is 11.5. The maximum absolute atomic E-state index is 11.5. The molecule has 6 rings (SSSR count). The van der Waals surface area contributed by atoms with Crippen LogP contribution in [0.1, 0.15) is 46.5 Å². The van der Waals surface area contributed by atoms with Gasteiger partial charge in [0.05, 0.1) is 17.6 Å². The lowest BCUT2D eigenvalue weighted by Gasteiger charge is -2.39. The van der Waals surface area contributed by atoms with Gasteiger partial charge in [0.15, 0.2) is 19.7 Å². The number of hydrogen-bond donors (Lipinski definition) is 1. The lowest BCUT2D eigenvalue weighted by Crippen LogP contribution is -2.43. The van der Waals surface area contributed by atoms with Crippen LogP contribution in [-0.2, 0) is 9.22 Å². The average molecular weight is 577 g/mol. The van der Waals surface area contributed by atoms with Gasteiger partial charge in [-0.25, -0.2) is 14.5 Å². The number of fused-ring (bicyclic) bond motifs is 2. The van der Waals surface area contributed by atoms with Gasteiger partial charge in [0, 0.05) is 38.4 Å². The summed E-state index contributed by atoms with van der Waals surface area (Å²) in [5.41, 5.74) is 2.22. The summed E-state index contributed by atoms with van der Waals surface area (Å²) in [6.07, 6.45) is 7.07. The zero-order valence-electron chi connectivity index (χ0n) is 24.6. The first-order valence-corrected chi connectivity index (χ1v) is 17.5. The molecule has 0 bridgehead atoms. The van der Waals surface area contributed by atoms with E-state index in [2.05, 4.69) is 54.2 Å². The summed E-state index contributed by atoms with van der Waals surface area (Å²) in [6.45, 7) is 14.6. The normalized spacial score (nSPS) is 18.9. The van der Waals surface area contributed by atoms with Crippen molar-refractivity contribution in [3.05, 3.63) is 36.7 Å². The number of piperidine rings is 1. The second kappa shape index (κ2) is 10.8. The third kappa shape index (κ3) is 5.69. The van der Waals surface area contributed by atoms with Crippen LogP contribution in [0, 0.1) is 5.92 Å². The molecule has 1 atom stereocenters. The van der Waals surface area contributed by atoms with E-state index in [4.69, 9.17) is 18.6 Å². The van der Waals surface area contributed by atoms with Gasteiger partial charge in [-0.1, -0.05) is 20.8 Å². The van der Waals surface area contributed by atoms with Gasteiger partial charge in [-0.05, 0) is 61.5 Å². The second-order valence-electron chi connectivity index (χ2n) is 12.9. The Labute approximate surface area is 241 Å². The highest BCUT2D eigenvalue weighted by Crippen LogP contribution is 2.38. The molecule has 2 aliphatic heterocycles. The first-order chi connectivity index (χ1) is 19.6. The smallest absolute Gasteiger partial charge is 0.231 e. The van der Waals surface area contributed by atoms with Gasteiger partial charge in [-0.2, -0.15) is 0 Å². The predicted octanol–water partition coefficient (Wildman–Crippen LogP) is 5.43. The highest BCUT2D eigenvalue weighted by atomic mass is 28.4. The molecule has 218 valence electrons. The third-order valence-electron chi connectivity index (χ3n) is 8.93. The lowest BCUT2D eigenvalue weighted by atomic mass is 9.98. The van der Waals surface area contributed by atoms with Crippen LogP contribution < -0.4 is 15.0 Å². The monoisotopic (exact) mass is 576 g/mol. The van der Waals surface area contributed by atoms with Gasteiger partial charge >= 0.3 is 0 Å². The fourth-order valence-corrected chi connectivity index (χ4v) is 6.36. The number of nitrogens with one attached hydrogen (secondary N) is 1. The molecule has 1 N–H and O–H groups in total. The molecule has 1 amide bonds. The van der Waals surface area contributed by atoms with E-state index in [-0.39, 0.29) is 17.0 Å². The van der Waals surface area contributed by atoms with E-state index < -0.39 is 8.32 Å². The van der Waals surface area contributed by atoms with Crippen molar-refractivity contribution in [2.45, 2.75) is 70.6 Å². The Kier molecular flexibility index (Phi) is 7.27. The van der Waals surface area contributed by atoms with Crippen LogP contribution >= 0.6 is 0 Å². The van der Waals surface area contributed by atoms with Gasteiger partial charge in [-0.3, -0.25) is 4.79 Å². The Bertz CT molecular complexity index is 1550. The molecule has 1 unspecified atom stereocenters. The predicted molar refractivity (Wildman–Crippen MR) is 161 cm³/mol. The summed E-state index contributed by atoms with van der Waals surface area (Å²) >= 11 is 0. The number of carbonyl (C=O) groups excluding carboxylic acids is 1. The minimum absolute atomic E-state index is 0.0123. The fourth-order valence-electron chi connectivity index (χ4n) is 5.27. The van der Waals surface area contributed by atoms with Crippen molar-refractivity contribution < 1.29 is 18.4 Å². The SMILES string of the molecule is CC(C)(C)[Si](C)(C)OCC1CCN(c2nccc3oc(-c4cnc5ccc(OCC6CCC(=O)N6)nn45)cc23)CC1. The van der Waals surface area contributed by atoms with Crippen molar-refractivity contribution in [1.29, 1.82) is 0 Å². The van der Waals surface area contributed by atoms with Crippen LogP contribution in [0.3, 0.4) is 0 Å². The van der Waals surface area contributed by atoms with Crippen molar-refractivity contribution in [3.8, 4) is 17.3 Å². The van der Waals surface area contributed by atoms with E-state index in [0.717, 1.165) is 61.4 Å². The van der Waals surface area contributed by atoms with Crippen molar-refractivity contribution in [1.82, 2.24) is 24.9 Å².